The number of nitro benzene ring substituents is 1. The molecule has 0 spiro atoms. The number of rotatable bonds is 3. The van der Waals surface area contributed by atoms with Crippen molar-refractivity contribution in [1.29, 1.82) is 0 Å². The number of nitro groups is 1. The average molecular weight is 274 g/mol. The zero-order chi connectivity index (χ0) is 13.4. The van der Waals surface area contributed by atoms with Crippen molar-refractivity contribution in [2.45, 2.75) is 6.54 Å². The van der Waals surface area contributed by atoms with Crippen LogP contribution in [-0.2, 0) is 6.54 Å². The summed E-state index contributed by atoms with van der Waals surface area (Å²) in [5.41, 5.74) is 8.36. The summed E-state index contributed by atoms with van der Waals surface area (Å²) in [4.78, 5) is 15.6. The third-order valence-electron chi connectivity index (χ3n) is 2.91. The highest BCUT2D eigenvalue weighted by Gasteiger charge is 2.14. The molecule has 0 amide bonds. The maximum Gasteiger partial charge on any atom is 0.269 e. The highest BCUT2D eigenvalue weighted by atomic mass is 32.1. The third-order valence-corrected chi connectivity index (χ3v) is 3.66. The number of fused-ring (bicyclic) bond motifs is 1. The summed E-state index contributed by atoms with van der Waals surface area (Å²) >= 11 is 1.53. The number of nitrogens with two attached hydrogens (primary N) is 1. The Kier molecular flexibility index (Phi) is 2.77. The van der Waals surface area contributed by atoms with Gasteiger partial charge in [-0.3, -0.25) is 14.5 Å². The highest BCUT2D eigenvalue weighted by Crippen LogP contribution is 2.27. The molecule has 96 valence electrons. The fourth-order valence-electron chi connectivity index (χ4n) is 2.00. The topological polar surface area (TPSA) is 86.5 Å². The van der Waals surface area contributed by atoms with Gasteiger partial charge in [0.1, 0.15) is 0 Å². The van der Waals surface area contributed by atoms with Crippen molar-refractivity contribution in [2.24, 2.45) is 5.73 Å². The predicted molar refractivity (Wildman–Crippen MR) is 73.1 cm³/mol. The van der Waals surface area contributed by atoms with E-state index in [9.17, 15) is 10.1 Å². The Bertz CT molecular complexity index is 745. The van der Waals surface area contributed by atoms with E-state index in [0.29, 0.717) is 6.54 Å². The van der Waals surface area contributed by atoms with Gasteiger partial charge in [0.15, 0.2) is 4.96 Å². The number of imidazole rings is 1. The van der Waals surface area contributed by atoms with E-state index >= 15 is 0 Å². The number of thiazole rings is 1. The molecule has 0 aliphatic rings. The van der Waals surface area contributed by atoms with Gasteiger partial charge in [-0.1, -0.05) is 0 Å². The van der Waals surface area contributed by atoms with Crippen LogP contribution < -0.4 is 5.73 Å². The minimum atomic E-state index is -0.417. The molecule has 3 rings (SSSR count). The van der Waals surface area contributed by atoms with Gasteiger partial charge >= 0.3 is 0 Å². The molecule has 1 aromatic carbocycles. The average Bonchev–Trinajstić information content (AvgIpc) is 2.98. The van der Waals surface area contributed by atoms with Gasteiger partial charge in [-0.05, 0) is 12.1 Å². The van der Waals surface area contributed by atoms with E-state index in [0.717, 1.165) is 21.9 Å². The predicted octanol–water partition coefficient (Wildman–Crippen LogP) is 2.43. The number of hydrogen-bond acceptors (Lipinski definition) is 5. The molecule has 2 aromatic heterocycles. The van der Waals surface area contributed by atoms with Crippen molar-refractivity contribution in [3.63, 3.8) is 0 Å². The maximum atomic E-state index is 10.6. The molecule has 0 saturated carbocycles. The molecule has 0 radical (unpaired) electrons. The fourth-order valence-corrected chi connectivity index (χ4v) is 2.73. The number of benzene rings is 1. The molecule has 0 saturated heterocycles. The van der Waals surface area contributed by atoms with E-state index in [-0.39, 0.29) is 5.69 Å². The number of aromatic nitrogens is 2. The van der Waals surface area contributed by atoms with Crippen LogP contribution in [0.1, 0.15) is 5.69 Å². The lowest BCUT2D eigenvalue weighted by Gasteiger charge is -2.01. The Balaban J connectivity index is 2.12. The quantitative estimate of drug-likeness (QED) is 0.587. The van der Waals surface area contributed by atoms with Crippen molar-refractivity contribution in [3.05, 3.63) is 51.7 Å². The number of non-ortho nitro benzene ring substituents is 1. The van der Waals surface area contributed by atoms with Gasteiger partial charge in [0.25, 0.3) is 5.69 Å². The molecule has 0 atom stereocenters. The Morgan fingerprint density at radius 2 is 2.11 bits per heavy atom. The lowest BCUT2D eigenvalue weighted by atomic mass is 10.1. The lowest BCUT2D eigenvalue weighted by molar-refractivity contribution is -0.384. The Morgan fingerprint density at radius 1 is 1.37 bits per heavy atom. The van der Waals surface area contributed by atoms with E-state index in [1.165, 1.54) is 23.5 Å². The van der Waals surface area contributed by atoms with E-state index in [2.05, 4.69) is 4.98 Å². The van der Waals surface area contributed by atoms with Gasteiger partial charge in [0.05, 0.1) is 16.3 Å². The third kappa shape index (κ3) is 1.88. The lowest BCUT2D eigenvalue weighted by Crippen LogP contribution is -2.01. The van der Waals surface area contributed by atoms with Crippen molar-refractivity contribution >= 4 is 22.0 Å². The van der Waals surface area contributed by atoms with Crippen LogP contribution in [0.25, 0.3) is 16.2 Å². The van der Waals surface area contributed by atoms with Gasteiger partial charge in [0, 0.05) is 35.8 Å². The standard InChI is InChI=1S/C12H10N4O2S/c13-7-10-11(14-12-15(10)5-6-19-12)8-1-3-9(4-2-8)16(17)18/h1-6H,7,13H2. The molecule has 0 bridgehead atoms. The number of hydrogen-bond donors (Lipinski definition) is 1. The first-order valence-corrected chi connectivity index (χ1v) is 6.48. The summed E-state index contributed by atoms with van der Waals surface area (Å²) in [6.07, 6.45) is 1.92. The van der Waals surface area contributed by atoms with E-state index in [1.54, 1.807) is 12.1 Å². The van der Waals surface area contributed by atoms with Crippen molar-refractivity contribution < 1.29 is 4.92 Å². The van der Waals surface area contributed by atoms with Gasteiger partial charge in [-0.15, -0.1) is 11.3 Å². The molecule has 0 fully saturated rings. The van der Waals surface area contributed by atoms with E-state index in [1.807, 2.05) is 16.0 Å². The zero-order valence-electron chi connectivity index (χ0n) is 9.81. The van der Waals surface area contributed by atoms with E-state index < -0.39 is 4.92 Å². The second-order valence-electron chi connectivity index (χ2n) is 3.97. The van der Waals surface area contributed by atoms with Gasteiger partial charge in [0.2, 0.25) is 0 Å². The van der Waals surface area contributed by atoms with Crippen molar-refractivity contribution in [2.75, 3.05) is 0 Å². The molecule has 0 aliphatic carbocycles. The van der Waals surface area contributed by atoms with Crippen LogP contribution in [0, 0.1) is 10.1 Å². The Morgan fingerprint density at radius 3 is 2.74 bits per heavy atom. The summed E-state index contributed by atoms with van der Waals surface area (Å²) in [7, 11) is 0. The van der Waals surface area contributed by atoms with Crippen molar-refractivity contribution in [1.82, 2.24) is 9.38 Å². The van der Waals surface area contributed by atoms with Crippen LogP contribution in [0.2, 0.25) is 0 Å². The van der Waals surface area contributed by atoms with Crippen molar-refractivity contribution in [3.8, 4) is 11.3 Å². The first-order valence-electron chi connectivity index (χ1n) is 5.60. The Labute approximate surface area is 112 Å². The summed E-state index contributed by atoms with van der Waals surface area (Å²) in [6.45, 7) is 0.365. The molecule has 7 heteroatoms. The minimum Gasteiger partial charge on any atom is -0.325 e. The van der Waals surface area contributed by atoms with Gasteiger partial charge < -0.3 is 5.73 Å². The van der Waals surface area contributed by atoms with Gasteiger partial charge in [-0.25, -0.2) is 4.98 Å². The highest BCUT2D eigenvalue weighted by molar-refractivity contribution is 7.15. The molecule has 19 heavy (non-hydrogen) atoms. The summed E-state index contributed by atoms with van der Waals surface area (Å²) in [6, 6.07) is 6.35. The fraction of sp³-hybridized carbons (Fsp3) is 0.0833. The smallest absolute Gasteiger partial charge is 0.269 e. The number of nitrogens with zero attached hydrogens (tertiary/aromatic N) is 3. The van der Waals surface area contributed by atoms with Crippen LogP contribution in [0.3, 0.4) is 0 Å². The first kappa shape index (κ1) is 11.8. The van der Waals surface area contributed by atoms with Crippen LogP contribution in [0.4, 0.5) is 5.69 Å². The molecule has 0 aliphatic heterocycles. The normalized spacial score (nSPS) is 11.0. The molecule has 6 nitrogen and oxygen atoms in total. The maximum absolute atomic E-state index is 10.6. The minimum absolute atomic E-state index is 0.0686. The molecule has 2 N–H and O–H groups in total. The molecule has 2 heterocycles. The van der Waals surface area contributed by atoms with Crippen LogP contribution >= 0.6 is 11.3 Å². The first-order chi connectivity index (χ1) is 9.20. The molecule has 0 unspecified atom stereocenters. The second kappa shape index (κ2) is 4.45. The van der Waals surface area contributed by atoms with Crippen LogP contribution in [0.15, 0.2) is 35.8 Å². The summed E-state index contributed by atoms with van der Waals surface area (Å²) in [5, 5.41) is 12.6. The Hall–Kier alpha value is -2.25. The molecule has 3 aromatic rings. The SMILES string of the molecule is NCc1c(-c2ccc([N+](=O)[O-])cc2)nc2sccn12. The van der Waals surface area contributed by atoms with Crippen LogP contribution in [0.5, 0.6) is 0 Å². The molecular weight excluding hydrogens is 264 g/mol. The van der Waals surface area contributed by atoms with E-state index in [4.69, 9.17) is 5.73 Å². The second-order valence-corrected chi connectivity index (χ2v) is 4.84. The summed E-state index contributed by atoms with van der Waals surface area (Å²) in [5.74, 6) is 0. The largest absolute Gasteiger partial charge is 0.325 e. The molecular formula is C12H10N4O2S. The van der Waals surface area contributed by atoms with Crippen LogP contribution in [-0.4, -0.2) is 14.3 Å². The summed E-state index contributed by atoms with van der Waals surface area (Å²) < 4.78 is 1.95. The van der Waals surface area contributed by atoms with Gasteiger partial charge in [-0.2, -0.15) is 0 Å². The zero-order valence-corrected chi connectivity index (χ0v) is 10.6. The monoisotopic (exact) mass is 274 g/mol.